The van der Waals surface area contributed by atoms with Gasteiger partial charge in [0.15, 0.2) is 0 Å². The van der Waals surface area contributed by atoms with Crippen molar-refractivity contribution < 1.29 is 0 Å². The predicted molar refractivity (Wildman–Crippen MR) is 56.5 cm³/mol. The third-order valence-electron chi connectivity index (χ3n) is 3.47. The van der Waals surface area contributed by atoms with E-state index in [1.807, 2.05) is 0 Å². The minimum absolute atomic E-state index is 0.923. The van der Waals surface area contributed by atoms with E-state index in [0.717, 1.165) is 5.92 Å². The summed E-state index contributed by atoms with van der Waals surface area (Å²) in [5.74, 6) is 0.923. The number of piperidine rings is 1. The van der Waals surface area contributed by atoms with E-state index in [1.165, 1.54) is 64.6 Å². The van der Waals surface area contributed by atoms with Crippen molar-refractivity contribution in [2.75, 3.05) is 19.6 Å². The topological polar surface area (TPSA) is 3.24 Å². The van der Waals surface area contributed by atoms with Crippen LogP contribution in [0.15, 0.2) is 0 Å². The van der Waals surface area contributed by atoms with Gasteiger partial charge in [-0.1, -0.05) is 19.3 Å². The largest absolute Gasteiger partial charge is 0.303 e. The van der Waals surface area contributed by atoms with Gasteiger partial charge in [0.25, 0.3) is 0 Å². The summed E-state index contributed by atoms with van der Waals surface area (Å²) in [7, 11) is 0. The first kappa shape index (κ1) is 9.51. The number of rotatable bonds is 2. The molecule has 0 aromatic carbocycles. The van der Waals surface area contributed by atoms with Gasteiger partial charge in [-0.3, -0.25) is 0 Å². The highest BCUT2D eigenvalue weighted by Crippen LogP contribution is 2.24. The molecule has 0 bridgehead atoms. The summed E-state index contributed by atoms with van der Waals surface area (Å²) in [6, 6.07) is 0. The lowest BCUT2D eigenvalue weighted by atomic mass is 9.88. The Kier molecular flexibility index (Phi) is 3.65. The molecule has 2 aliphatic rings. The summed E-state index contributed by atoms with van der Waals surface area (Å²) in [4.78, 5) is 2.68. The first-order valence-electron chi connectivity index (χ1n) is 6.01. The highest BCUT2D eigenvalue weighted by molar-refractivity contribution is 4.83. The zero-order valence-corrected chi connectivity index (χ0v) is 8.67. The van der Waals surface area contributed by atoms with Crippen LogP contribution in [0.3, 0.4) is 0 Å². The fraction of sp³-hybridized carbons (Fsp3) is 0.917. The van der Waals surface area contributed by atoms with Crippen LogP contribution in [-0.2, 0) is 0 Å². The van der Waals surface area contributed by atoms with Gasteiger partial charge in [-0.25, -0.2) is 0 Å². The minimum atomic E-state index is 0.923. The summed E-state index contributed by atoms with van der Waals surface area (Å²) in [5, 5.41) is 0. The summed E-state index contributed by atoms with van der Waals surface area (Å²) in [6.45, 7) is 4.09. The number of nitrogens with zero attached hydrogens (tertiary/aromatic N) is 1. The number of likely N-dealkylation sites (tertiary alicyclic amines) is 1. The van der Waals surface area contributed by atoms with E-state index in [2.05, 4.69) is 11.3 Å². The molecule has 1 nitrogen and oxygen atoms in total. The van der Waals surface area contributed by atoms with Crippen LogP contribution in [0.1, 0.15) is 44.9 Å². The fourth-order valence-electron chi connectivity index (χ4n) is 2.66. The van der Waals surface area contributed by atoms with Crippen LogP contribution in [0.2, 0.25) is 0 Å². The van der Waals surface area contributed by atoms with Crippen molar-refractivity contribution in [3.63, 3.8) is 0 Å². The average molecular weight is 180 g/mol. The van der Waals surface area contributed by atoms with E-state index in [9.17, 15) is 0 Å². The molecule has 1 radical (unpaired) electrons. The molecule has 1 heteroatoms. The maximum absolute atomic E-state index is 2.68. The van der Waals surface area contributed by atoms with Crippen LogP contribution in [0.5, 0.6) is 0 Å². The third kappa shape index (κ3) is 2.98. The predicted octanol–water partition coefficient (Wildman–Crippen LogP) is 2.87. The Hall–Kier alpha value is -0.0400. The molecular weight excluding hydrogens is 158 g/mol. The summed E-state index contributed by atoms with van der Waals surface area (Å²) in [5.41, 5.74) is 0. The highest BCUT2D eigenvalue weighted by Gasteiger charge is 2.18. The van der Waals surface area contributed by atoms with Gasteiger partial charge >= 0.3 is 0 Å². The maximum Gasteiger partial charge on any atom is 0.00124 e. The Labute approximate surface area is 82.5 Å². The fourth-order valence-corrected chi connectivity index (χ4v) is 2.66. The molecular formula is C12H22N. The van der Waals surface area contributed by atoms with Crippen LogP contribution >= 0.6 is 0 Å². The lowest BCUT2D eigenvalue weighted by Crippen LogP contribution is -2.34. The molecule has 0 spiro atoms. The van der Waals surface area contributed by atoms with Crippen LogP contribution in [0, 0.1) is 12.3 Å². The van der Waals surface area contributed by atoms with E-state index in [1.54, 1.807) is 0 Å². The first-order valence-corrected chi connectivity index (χ1v) is 6.01. The Balaban J connectivity index is 1.69. The van der Waals surface area contributed by atoms with Crippen molar-refractivity contribution in [1.82, 2.24) is 4.90 Å². The first-order chi connectivity index (χ1) is 6.45. The third-order valence-corrected chi connectivity index (χ3v) is 3.47. The zero-order chi connectivity index (χ0) is 8.93. The van der Waals surface area contributed by atoms with Crippen molar-refractivity contribution in [2.45, 2.75) is 44.9 Å². The Bertz CT molecular complexity index is 116. The van der Waals surface area contributed by atoms with Crippen LogP contribution in [0.25, 0.3) is 0 Å². The highest BCUT2D eigenvalue weighted by atomic mass is 15.1. The Morgan fingerprint density at radius 1 is 1.00 bits per heavy atom. The Morgan fingerprint density at radius 2 is 1.85 bits per heavy atom. The second kappa shape index (κ2) is 4.99. The van der Waals surface area contributed by atoms with Gasteiger partial charge in [-0.15, -0.1) is 0 Å². The second-order valence-corrected chi connectivity index (χ2v) is 4.64. The van der Waals surface area contributed by atoms with Crippen LogP contribution in [0.4, 0.5) is 0 Å². The van der Waals surface area contributed by atoms with Crippen molar-refractivity contribution in [3.05, 3.63) is 6.42 Å². The molecule has 0 aromatic heterocycles. The summed E-state index contributed by atoms with van der Waals surface area (Å²) < 4.78 is 0. The molecule has 0 N–H and O–H groups in total. The standard InChI is InChI=1S/C12H22N/c1-3-7-12(8-4-1)11-13-9-5-2-6-10-13/h7,12H,1-6,8-11H2. The Morgan fingerprint density at radius 3 is 2.54 bits per heavy atom. The zero-order valence-electron chi connectivity index (χ0n) is 8.67. The summed E-state index contributed by atoms with van der Waals surface area (Å²) >= 11 is 0. The lowest BCUT2D eigenvalue weighted by molar-refractivity contribution is 0.193. The van der Waals surface area contributed by atoms with E-state index < -0.39 is 0 Å². The van der Waals surface area contributed by atoms with Gasteiger partial charge in [0, 0.05) is 6.54 Å². The monoisotopic (exact) mass is 180 g/mol. The number of hydrogen-bond donors (Lipinski definition) is 0. The quantitative estimate of drug-likeness (QED) is 0.631. The van der Waals surface area contributed by atoms with E-state index >= 15 is 0 Å². The normalized spacial score (nSPS) is 27.7. The molecule has 1 unspecified atom stereocenters. The van der Waals surface area contributed by atoms with E-state index in [0.29, 0.717) is 0 Å². The second-order valence-electron chi connectivity index (χ2n) is 4.64. The van der Waals surface area contributed by atoms with E-state index in [4.69, 9.17) is 0 Å². The molecule has 1 heterocycles. The molecule has 2 fully saturated rings. The van der Waals surface area contributed by atoms with E-state index in [-0.39, 0.29) is 0 Å². The molecule has 0 aromatic rings. The van der Waals surface area contributed by atoms with Crippen molar-refractivity contribution in [1.29, 1.82) is 0 Å². The van der Waals surface area contributed by atoms with Gasteiger partial charge < -0.3 is 4.90 Å². The molecule has 0 amide bonds. The smallest absolute Gasteiger partial charge is 0.00124 e. The van der Waals surface area contributed by atoms with Crippen molar-refractivity contribution >= 4 is 0 Å². The molecule has 75 valence electrons. The molecule has 1 saturated heterocycles. The molecule has 2 rings (SSSR count). The van der Waals surface area contributed by atoms with Gasteiger partial charge in [0.1, 0.15) is 0 Å². The minimum Gasteiger partial charge on any atom is -0.303 e. The van der Waals surface area contributed by atoms with Crippen LogP contribution < -0.4 is 0 Å². The molecule has 13 heavy (non-hydrogen) atoms. The molecule has 1 aliphatic carbocycles. The molecule has 1 aliphatic heterocycles. The van der Waals surface area contributed by atoms with Gasteiger partial charge in [0.2, 0.25) is 0 Å². The van der Waals surface area contributed by atoms with Gasteiger partial charge in [-0.05, 0) is 51.1 Å². The molecule has 1 atom stereocenters. The van der Waals surface area contributed by atoms with Crippen molar-refractivity contribution in [3.8, 4) is 0 Å². The van der Waals surface area contributed by atoms with Crippen LogP contribution in [-0.4, -0.2) is 24.5 Å². The van der Waals surface area contributed by atoms with Gasteiger partial charge in [-0.2, -0.15) is 0 Å². The lowest BCUT2D eigenvalue weighted by Gasteiger charge is -2.31. The number of hydrogen-bond acceptors (Lipinski definition) is 1. The van der Waals surface area contributed by atoms with Crippen molar-refractivity contribution in [2.24, 2.45) is 5.92 Å². The SMILES string of the molecule is [CH]1CCCCC1CN1CCCCC1. The maximum atomic E-state index is 2.68. The van der Waals surface area contributed by atoms with Gasteiger partial charge in [0.05, 0.1) is 0 Å². The average Bonchev–Trinajstić information content (AvgIpc) is 2.21. The summed E-state index contributed by atoms with van der Waals surface area (Å²) in [6.07, 6.45) is 12.6. The molecule has 1 saturated carbocycles.